The zero-order chi connectivity index (χ0) is 20.1. The van der Waals surface area contributed by atoms with Gasteiger partial charge < -0.3 is 19.6 Å². The Hall–Kier alpha value is -3.47. The van der Waals surface area contributed by atoms with E-state index >= 15 is 0 Å². The van der Waals surface area contributed by atoms with E-state index in [-0.39, 0.29) is 11.7 Å². The number of benzene rings is 3. The molecule has 0 unspecified atom stereocenters. The lowest BCUT2D eigenvalue weighted by Gasteiger charge is -2.36. The van der Waals surface area contributed by atoms with E-state index < -0.39 is 0 Å². The van der Waals surface area contributed by atoms with E-state index in [9.17, 15) is 9.90 Å². The Bertz CT molecular complexity index is 949. The summed E-state index contributed by atoms with van der Waals surface area (Å²) >= 11 is 0. The van der Waals surface area contributed by atoms with Crippen molar-refractivity contribution in [3.05, 3.63) is 90.0 Å². The number of amides is 1. The van der Waals surface area contributed by atoms with Crippen LogP contribution < -0.4 is 9.64 Å². The number of hydrogen-bond donors (Lipinski definition) is 1. The zero-order valence-corrected chi connectivity index (χ0v) is 16.2. The van der Waals surface area contributed by atoms with Crippen molar-refractivity contribution in [2.45, 2.75) is 6.61 Å². The number of anilines is 1. The molecule has 5 nitrogen and oxygen atoms in total. The van der Waals surface area contributed by atoms with Crippen molar-refractivity contribution in [1.29, 1.82) is 0 Å². The third-order valence-corrected chi connectivity index (χ3v) is 5.17. The first kappa shape index (κ1) is 18.9. The van der Waals surface area contributed by atoms with Gasteiger partial charge >= 0.3 is 0 Å². The maximum absolute atomic E-state index is 13.1. The molecule has 3 aromatic rings. The Kier molecular flexibility index (Phi) is 5.66. The quantitative estimate of drug-likeness (QED) is 0.720. The molecule has 1 aliphatic rings. The van der Waals surface area contributed by atoms with Gasteiger partial charge in [0.15, 0.2) is 0 Å². The number of carbonyl (C=O) groups is 1. The summed E-state index contributed by atoms with van der Waals surface area (Å²) in [5.74, 6) is 1.09. The second-order valence-electron chi connectivity index (χ2n) is 7.05. The van der Waals surface area contributed by atoms with Crippen LogP contribution in [0.25, 0.3) is 0 Å². The van der Waals surface area contributed by atoms with Crippen LogP contribution in [0.15, 0.2) is 78.9 Å². The number of carbonyl (C=O) groups excluding carboxylic acids is 1. The van der Waals surface area contributed by atoms with Crippen LogP contribution in [0.1, 0.15) is 15.9 Å². The molecule has 1 aliphatic heterocycles. The van der Waals surface area contributed by atoms with E-state index in [1.165, 1.54) is 0 Å². The fourth-order valence-corrected chi connectivity index (χ4v) is 3.53. The molecule has 3 aromatic carbocycles. The van der Waals surface area contributed by atoms with Crippen LogP contribution in [0.5, 0.6) is 11.5 Å². The Morgan fingerprint density at radius 2 is 1.48 bits per heavy atom. The average Bonchev–Trinajstić information content (AvgIpc) is 2.79. The number of para-hydroxylation sites is 1. The monoisotopic (exact) mass is 388 g/mol. The number of piperazine rings is 1. The van der Waals surface area contributed by atoms with Crippen molar-refractivity contribution in [2.75, 3.05) is 31.1 Å². The highest BCUT2D eigenvalue weighted by atomic mass is 16.5. The van der Waals surface area contributed by atoms with Crippen LogP contribution in [0.2, 0.25) is 0 Å². The summed E-state index contributed by atoms with van der Waals surface area (Å²) in [7, 11) is 0. The molecule has 1 heterocycles. The fourth-order valence-electron chi connectivity index (χ4n) is 3.53. The van der Waals surface area contributed by atoms with Gasteiger partial charge in [0.05, 0.1) is 0 Å². The summed E-state index contributed by atoms with van der Waals surface area (Å²) in [6, 6.07) is 24.5. The summed E-state index contributed by atoms with van der Waals surface area (Å²) < 4.78 is 5.86. The molecule has 0 bridgehead atoms. The number of ether oxygens (including phenoxy) is 1. The zero-order valence-electron chi connectivity index (χ0n) is 16.2. The van der Waals surface area contributed by atoms with Crippen molar-refractivity contribution < 1.29 is 14.6 Å². The molecule has 0 atom stereocenters. The first-order chi connectivity index (χ1) is 14.2. The van der Waals surface area contributed by atoms with Gasteiger partial charge in [-0.05, 0) is 42.5 Å². The van der Waals surface area contributed by atoms with E-state index in [4.69, 9.17) is 4.74 Å². The van der Waals surface area contributed by atoms with E-state index in [2.05, 4.69) is 4.90 Å². The lowest BCUT2D eigenvalue weighted by Crippen LogP contribution is -2.49. The fraction of sp³-hybridized carbons (Fsp3) is 0.208. The number of phenols is 1. The van der Waals surface area contributed by atoms with Crippen LogP contribution in [0, 0.1) is 0 Å². The highest BCUT2D eigenvalue weighted by Gasteiger charge is 2.24. The summed E-state index contributed by atoms with van der Waals surface area (Å²) in [6.07, 6.45) is 0. The minimum absolute atomic E-state index is 0.0441. The Morgan fingerprint density at radius 1 is 0.828 bits per heavy atom. The van der Waals surface area contributed by atoms with Crippen molar-refractivity contribution in [3.63, 3.8) is 0 Å². The number of phenolic OH excluding ortho intramolecular Hbond substituents is 1. The summed E-state index contributed by atoms with van der Waals surface area (Å²) in [5, 5.41) is 9.46. The van der Waals surface area contributed by atoms with Gasteiger partial charge in [0.2, 0.25) is 0 Å². The molecule has 5 heteroatoms. The van der Waals surface area contributed by atoms with E-state index in [0.29, 0.717) is 25.3 Å². The predicted octanol–water partition coefficient (Wildman–Crippen LogP) is 3.93. The highest BCUT2D eigenvalue weighted by molar-refractivity contribution is 5.95. The Balaban J connectivity index is 1.40. The van der Waals surface area contributed by atoms with Gasteiger partial charge in [-0.25, -0.2) is 0 Å². The van der Waals surface area contributed by atoms with Crippen molar-refractivity contribution in [2.24, 2.45) is 0 Å². The van der Waals surface area contributed by atoms with Gasteiger partial charge in [0, 0.05) is 43.0 Å². The topological polar surface area (TPSA) is 53.0 Å². The Morgan fingerprint density at radius 3 is 2.21 bits per heavy atom. The highest BCUT2D eigenvalue weighted by Crippen LogP contribution is 2.21. The minimum atomic E-state index is 0.0441. The minimum Gasteiger partial charge on any atom is -0.508 e. The molecule has 1 N–H and O–H groups in total. The molecule has 0 aliphatic carbocycles. The second-order valence-corrected chi connectivity index (χ2v) is 7.05. The van der Waals surface area contributed by atoms with Crippen LogP contribution in [0.3, 0.4) is 0 Å². The largest absolute Gasteiger partial charge is 0.508 e. The second kappa shape index (κ2) is 8.69. The van der Waals surface area contributed by atoms with Crippen LogP contribution in [0.4, 0.5) is 5.69 Å². The number of aromatic hydroxyl groups is 1. The normalized spacial score (nSPS) is 13.9. The standard InChI is InChI=1S/C24H24N2O3/c27-21-12-10-20(11-13-21)25-14-16-26(17-15-25)24(28)23-9-5-4-6-19(23)18-29-22-7-2-1-3-8-22/h1-13,27H,14-18H2. The molecule has 0 spiro atoms. The first-order valence-corrected chi connectivity index (χ1v) is 9.80. The third-order valence-electron chi connectivity index (χ3n) is 5.17. The molecule has 4 rings (SSSR count). The van der Waals surface area contributed by atoms with Crippen molar-refractivity contribution >= 4 is 11.6 Å². The molecule has 148 valence electrons. The summed E-state index contributed by atoms with van der Waals surface area (Å²) in [5.41, 5.74) is 2.65. The van der Waals surface area contributed by atoms with E-state index in [1.54, 1.807) is 12.1 Å². The van der Waals surface area contributed by atoms with Gasteiger partial charge in [-0.1, -0.05) is 36.4 Å². The average molecular weight is 388 g/mol. The molecule has 1 amide bonds. The smallest absolute Gasteiger partial charge is 0.254 e. The molecular weight excluding hydrogens is 364 g/mol. The van der Waals surface area contributed by atoms with Gasteiger partial charge in [-0.15, -0.1) is 0 Å². The summed E-state index contributed by atoms with van der Waals surface area (Å²) in [4.78, 5) is 17.3. The number of hydrogen-bond acceptors (Lipinski definition) is 4. The maximum Gasteiger partial charge on any atom is 0.254 e. The number of rotatable bonds is 5. The third kappa shape index (κ3) is 4.51. The molecule has 0 aromatic heterocycles. The lowest BCUT2D eigenvalue weighted by molar-refractivity contribution is 0.0744. The molecular formula is C24H24N2O3. The van der Waals surface area contributed by atoms with Gasteiger partial charge in [-0.3, -0.25) is 4.79 Å². The molecule has 1 saturated heterocycles. The van der Waals surface area contributed by atoms with Crippen molar-refractivity contribution in [1.82, 2.24) is 4.90 Å². The summed E-state index contributed by atoms with van der Waals surface area (Å²) in [6.45, 7) is 3.21. The Labute approximate surface area is 170 Å². The van der Waals surface area contributed by atoms with E-state index in [0.717, 1.165) is 30.1 Å². The predicted molar refractivity (Wildman–Crippen MR) is 113 cm³/mol. The van der Waals surface area contributed by atoms with Crippen LogP contribution >= 0.6 is 0 Å². The van der Waals surface area contributed by atoms with Gasteiger partial charge in [0.25, 0.3) is 5.91 Å². The van der Waals surface area contributed by atoms with E-state index in [1.807, 2.05) is 71.6 Å². The molecule has 0 saturated carbocycles. The van der Waals surface area contributed by atoms with Gasteiger partial charge in [0.1, 0.15) is 18.1 Å². The lowest BCUT2D eigenvalue weighted by atomic mass is 10.1. The first-order valence-electron chi connectivity index (χ1n) is 9.80. The van der Waals surface area contributed by atoms with Crippen LogP contribution in [-0.4, -0.2) is 42.1 Å². The maximum atomic E-state index is 13.1. The van der Waals surface area contributed by atoms with Crippen LogP contribution in [-0.2, 0) is 6.61 Å². The van der Waals surface area contributed by atoms with Gasteiger partial charge in [-0.2, -0.15) is 0 Å². The SMILES string of the molecule is O=C(c1ccccc1COc1ccccc1)N1CCN(c2ccc(O)cc2)CC1. The molecule has 1 fully saturated rings. The van der Waals surface area contributed by atoms with Crippen molar-refractivity contribution in [3.8, 4) is 11.5 Å². The molecule has 0 radical (unpaired) electrons. The molecule has 29 heavy (non-hydrogen) atoms. The number of nitrogens with zero attached hydrogens (tertiary/aromatic N) is 2.